The summed E-state index contributed by atoms with van der Waals surface area (Å²) in [5.41, 5.74) is -0.153. The zero-order valence-corrected chi connectivity index (χ0v) is 11.5. The number of rotatable bonds is 3. The summed E-state index contributed by atoms with van der Waals surface area (Å²) < 4.78 is 26.0. The standard InChI is InChI=1S/C8H5F2I2NO2/c9-7(10)3-1-5(11)13-8(12)4(3)2-6(14)15/h1,7H,2H2,(H,14,15). The molecule has 0 spiro atoms. The van der Waals surface area contributed by atoms with Gasteiger partial charge < -0.3 is 5.11 Å². The maximum Gasteiger partial charge on any atom is 0.307 e. The van der Waals surface area contributed by atoms with E-state index in [-0.39, 0.29) is 11.1 Å². The minimum Gasteiger partial charge on any atom is -0.481 e. The van der Waals surface area contributed by atoms with Gasteiger partial charge in [0.2, 0.25) is 0 Å². The minimum atomic E-state index is -2.68. The average Bonchev–Trinajstić information content (AvgIpc) is 2.08. The topological polar surface area (TPSA) is 50.2 Å². The lowest BCUT2D eigenvalue weighted by atomic mass is 10.1. The van der Waals surface area contributed by atoms with Gasteiger partial charge in [-0.05, 0) is 51.2 Å². The van der Waals surface area contributed by atoms with Crippen LogP contribution in [0.5, 0.6) is 0 Å². The summed E-state index contributed by atoms with van der Waals surface area (Å²) in [7, 11) is 0. The molecule has 0 bridgehead atoms. The molecule has 1 heterocycles. The Morgan fingerprint density at radius 3 is 2.60 bits per heavy atom. The molecule has 1 rings (SSSR count). The molecule has 0 aromatic carbocycles. The number of aromatic nitrogens is 1. The van der Waals surface area contributed by atoms with Crippen molar-refractivity contribution in [2.75, 3.05) is 0 Å². The molecule has 0 saturated heterocycles. The van der Waals surface area contributed by atoms with Crippen molar-refractivity contribution in [1.29, 1.82) is 0 Å². The van der Waals surface area contributed by atoms with E-state index in [1.165, 1.54) is 6.07 Å². The fourth-order valence-electron chi connectivity index (χ4n) is 1.05. The third-order valence-electron chi connectivity index (χ3n) is 1.64. The number of hydrogen-bond acceptors (Lipinski definition) is 2. The Balaban J connectivity index is 3.26. The Hall–Kier alpha value is -0.0600. The summed E-state index contributed by atoms with van der Waals surface area (Å²) in [5, 5.41) is 8.59. The summed E-state index contributed by atoms with van der Waals surface area (Å²) in [5.74, 6) is -1.14. The van der Waals surface area contributed by atoms with Gasteiger partial charge in [-0.15, -0.1) is 0 Å². The number of nitrogens with zero attached hydrogens (tertiary/aromatic N) is 1. The van der Waals surface area contributed by atoms with Crippen molar-refractivity contribution < 1.29 is 18.7 Å². The average molecular weight is 439 g/mol. The van der Waals surface area contributed by atoms with E-state index in [4.69, 9.17) is 5.11 Å². The van der Waals surface area contributed by atoms with Gasteiger partial charge in [0, 0.05) is 11.1 Å². The van der Waals surface area contributed by atoms with Crippen LogP contribution in [0, 0.1) is 7.40 Å². The van der Waals surface area contributed by atoms with Crippen LogP contribution in [0.4, 0.5) is 8.78 Å². The predicted octanol–water partition coefficient (Wildman–Crippen LogP) is 2.86. The van der Waals surface area contributed by atoms with E-state index in [1.54, 1.807) is 22.6 Å². The molecule has 0 fully saturated rings. The molecular formula is C8H5F2I2NO2. The molecule has 0 saturated carbocycles. The van der Waals surface area contributed by atoms with Gasteiger partial charge in [0.1, 0.15) is 7.40 Å². The van der Waals surface area contributed by atoms with Crippen LogP contribution in [0.25, 0.3) is 0 Å². The minimum absolute atomic E-state index is 0.0958. The van der Waals surface area contributed by atoms with Crippen molar-refractivity contribution in [2.24, 2.45) is 0 Å². The van der Waals surface area contributed by atoms with Gasteiger partial charge in [0.05, 0.1) is 6.42 Å². The Morgan fingerprint density at radius 1 is 1.53 bits per heavy atom. The van der Waals surface area contributed by atoms with Gasteiger partial charge in [-0.1, -0.05) is 0 Å². The van der Waals surface area contributed by atoms with Crippen LogP contribution in [-0.2, 0) is 11.2 Å². The normalized spacial score (nSPS) is 10.7. The number of carbonyl (C=O) groups is 1. The first-order valence-electron chi connectivity index (χ1n) is 3.76. The first-order valence-corrected chi connectivity index (χ1v) is 5.92. The Bertz CT molecular complexity index is 398. The fourth-order valence-corrected chi connectivity index (χ4v) is 2.85. The molecule has 82 valence electrons. The maximum atomic E-state index is 12.6. The number of carboxylic acids is 1. The third kappa shape index (κ3) is 3.47. The summed E-state index contributed by atoms with van der Waals surface area (Å²) in [6.07, 6.45) is -3.11. The van der Waals surface area contributed by atoms with E-state index in [0.29, 0.717) is 7.40 Å². The van der Waals surface area contributed by atoms with Crippen molar-refractivity contribution in [2.45, 2.75) is 12.8 Å². The van der Waals surface area contributed by atoms with Gasteiger partial charge in [-0.25, -0.2) is 13.8 Å². The molecule has 0 amide bonds. The molecule has 0 atom stereocenters. The molecule has 0 unspecified atom stereocenters. The Labute approximate surface area is 112 Å². The zero-order chi connectivity index (χ0) is 11.6. The highest BCUT2D eigenvalue weighted by Gasteiger charge is 2.19. The van der Waals surface area contributed by atoms with Gasteiger partial charge in [-0.3, -0.25) is 4.79 Å². The number of halogens is 4. The van der Waals surface area contributed by atoms with Crippen molar-refractivity contribution in [3.63, 3.8) is 0 Å². The lowest BCUT2D eigenvalue weighted by molar-refractivity contribution is -0.136. The summed E-state index contributed by atoms with van der Waals surface area (Å²) in [6, 6.07) is 1.21. The number of pyridine rings is 1. The van der Waals surface area contributed by atoms with Crippen LogP contribution in [0.1, 0.15) is 17.6 Å². The van der Waals surface area contributed by atoms with E-state index in [0.717, 1.165) is 0 Å². The van der Waals surface area contributed by atoms with Gasteiger partial charge in [0.25, 0.3) is 6.43 Å². The second-order valence-corrected chi connectivity index (χ2v) is 4.80. The van der Waals surface area contributed by atoms with E-state index < -0.39 is 18.8 Å². The number of carboxylic acid groups (broad SMARTS) is 1. The summed E-state index contributed by atoms with van der Waals surface area (Å²) >= 11 is 3.58. The number of aliphatic carboxylic acids is 1. The molecule has 15 heavy (non-hydrogen) atoms. The van der Waals surface area contributed by atoms with Gasteiger partial charge in [0.15, 0.2) is 0 Å². The highest BCUT2D eigenvalue weighted by atomic mass is 127. The molecule has 1 N–H and O–H groups in total. The smallest absolute Gasteiger partial charge is 0.307 e. The van der Waals surface area contributed by atoms with Crippen LogP contribution in [0.15, 0.2) is 6.07 Å². The largest absolute Gasteiger partial charge is 0.481 e. The SMILES string of the molecule is O=C(O)Cc1c(C(F)F)cc(I)nc1I. The van der Waals surface area contributed by atoms with E-state index in [9.17, 15) is 13.6 Å². The van der Waals surface area contributed by atoms with Crippen molar-refractivity contribution in [1.82, 2.24) is 4.98 Å². The highest BCUT2D eigenvalue weighted by molar-refractivity contribution is 14.1. The molecule has 3 nitrogen and oxygen atoms in total. The quantitative estimate of drug-likeness (QED) is 0.583. The molecule has 0 radical (unpaired) electrons. The predicted molar refractivity (Wildman–Crippen MR) is 66.0 cm³/mol. The van der Waals surface area contributed by atoms with Gasteiger partial charge >= 0.3 is 5.97 Å². The van der Waals surface area contributed by atoms with Crippen LogP contribution in [0.3, 0.4) is 0 Å². The van der Waals surface area contributed by atoms with Crippen LogP contribution in [-0.4, -0.2) is 16.1 Å². The zero-order valence-electron chi connectivity index (χ0n) is 7.18. The van der Waals surface area contributed by atoms with Crippen LogP contribution in [0.2, 0.25) is 0 Å². The highest BCUT2D eigenvalue weighted by Crippen LogP contribution is 2.27. The molecule has 1 aromatic rings. The van der Waals surface area contributed by atoms with Crippen LogP contribution >= 0.6 is 45.2 Å². The number of hydrogen-bond donors (Lipinski definition) is 1. The van der Waals surface area contributed by atoms with Crippen LogP contribution < -0.4 is 0 Å². The Morgan fingerprint density at radius 2 is 2.13 bits per heavy atom. The molecular weight excluding hydrogens is 434 g/mol. The van der Waals surface area contributed by atoms with Crippen molar-refractivity contribution >= 4 is 51.2 Å². The van der Waals surface area contributed by atoms with Gasteiger partial charge in [-0.2, -0.15) is 0 Å². The molecule has 7 heteroatoms. The van der Waals surface area contributed by atoms with E-state index >= 15 is 0 Å². The van der Waals surface area contributed by atoms with E-state index in [1.807, 2.05) is 22.6 Å². The second-order valence-electron chi connectivity index (χ2n) is 2.67. The molecule has 1 aromatic heterocycles. The fraction of sp³-hybridized carbons (Fsp3) is 0.250. The number of alkyl halides is 2. The monoisotopic (exact) mass is 439 g/mol. The first-order chi connectivity index (χ1) is 6.91. The summed E-state index contributed by atoms with van der Waals surface area (Å²) in [6.45, 7) is 0. The Kier molecular flexibility index (Phi) is 4.62. The van der Waals surface area contributed by atoms with Crippen molar-refractivity contribution in [3.8, 4) is 0 Å². The molecule has 0 aliphatic heterocycles. The van der Waals surface area contributed by atoms with Crippen molar-refractivity contribution in [3.05, 3.63) is 24.6 Å². The summed E-state index contributed by atoms with van der Waals surface area (Å²) in [4.78, 5) is 14.4. The molecule has 0 aliphatic rings. The second kappa shape index (κ2) is 5.32. The molecule has 0 aliphatic carbocycles. The lowest BCUT2D eigenvalue weighted by Crippen LogP contribution is -2.08. The lowest BCUT2D eigenvalue weighted by Gasteiger charge is -2.09. The first kappa shape index (κ1) is 13.0. The third-order valence-corrected chi connectivity index (χ3v) is 3.09. The van der Waals surface area contributed by atoms with E-state index in [2.05, 4.69) is 4.98 Å². The maximum absolute atomic E-state index is 12.6.